The van der Waals surface area contributed by atoms with Gasteiger partial charge in [0.05, 0.1) is 0 Å². The molecule has 2 rings (SSSR count). The number of ether oxygens (including phenoxy) is 2. The Morgan fingerprint density at radius 1 is 0.647 bits per heavy atom. The molecule has 0 aliphatic carbocycles. The van der Waals surface area contributed by atoms with E-state index in [2.05, 4.69) is 2.51 Å². The molecular weight excluding hydrogens is 626 g/mol. The van der Waals surface area contributed by atoms with Crippen LogP contribution in [-0.4, -0.2) is 45.9 Å². The van der Waals surface area contributed by atoms with Gasteiger partial charge in [-0.25, -0.2) is 0 Å². The average Bonchev–Trinajstić information content (AvgIpc) is 2.76. The van der Waals surface area contributed by atoms with Gasteiger partial charge in [0.1, 0.15) is 0 Å². The predicted octanol–water partition coefficient (Wildman–Crippen LogP) is 5.94. The van der Waals surface area contributed by atoms with Crippen LogP contribution in [0.3, 0.4) is 0 Å². The minimum absolute atomic E-state index is 0.111. The van der Waals surface area contributed by atoms with Gasteiger partial charge in [0, 0.05) is 0 Å². The van der Waals surface area contributed by atoms with Gasteiger partial charge in [-0.05, 0) is 0 Å². The van der Waals surface area contributed by atoms with Crippen LogP contribution in [0.1, 0.15) is 0 Å². The summed E-state index contributed by atoms with van der Waals surface area (Å²) in [5.74, 6) is -14.3. The van der Waals surface area contributed by atoms with Crippen molar-refractivity contribution in [2.75, 3.05) is 14.2 Å². The summed E-state index contributed by atoms with van der Waals surface area (Å²) < 4.78 is 157. The van der Waals surface area contributed by atoms with E-state index in [1.165, 1.54) is 38.5 Å². The van der Waals surface area contributed by atoms with E-state index in [4.69, 9.17) is 9.47 Å². The summed E-state index contributed by atoms with van der Waals surface area (Å²) in [5, 5.41) is -6.95. The summed E-state index contributed by atoms with van der Waals surface area (Å²) in [5.41, 5.74) is 0. The third-order valence-corrected chi connectivity index (χ3v) is 11.4. The Hall–Kier alpha value is -1.95. The molecule has 0 radical (unpaired) electrons. The molecule has 34 heavy (non-hydrogen) atoms. The maximum atomic E-state index is 14.2. The van der Waals surface area contributed by atoms with Crippen LogP contribution in [0.25, 0.3) is 0 Å². The van der Waals surface area contributed by atoms with E-state index in [0.717, 1.165) is 24.3 Å². The first-order chi connectivity index (χ1) is 15.4. The number of rotatable bonds is 9. The normalized spacial score (nSPS) is 14.0. The Kier molecular flexibility index (Phi) is 7.99. The number of hydrogen-bond donors (Lipinski definition) is 0. The Bertz CT molecular complexity index is 1040. The molecule has 0 unspecified atom stereocenters. The van der Waals surface area contributed by atoms with Crippen molar-refractivity contribution in [3.63, 3.8) is 0 Å². The second kappa shape index (κ2) is 9.60. The Labute approximate surface area is 194 Å². The molecule has 0 aliphatic rings. The zero-order valence-corrected chi connectivity index (χ0v) is 19.8. The van der Waals surface area contributed by atoms with E-state index in [1.807, 2.05) is 0 Å². The summed E-state index contributed by atoms with van der Waals surface area (Å²) in [6, 6.07) is 9.53. The van der Waals surface area contributed by atoms with Gasteiger partial charge >= 0.3 is 195 Å². The van der Waals surface area contributed by atoms with Gasteiger partial charge < -0.3 is 0 Å². The number of methoxy groups -OCH3 is 2. The Morgan fingerprint density at radius 2 is 1.00 bits per heavy atom. The van der Waals surface area contributed by atoms with E-state index < -0.39 is 53.6 Å². The van der Waals surface area contributed by atoms with Gasteiger partial charge in [-0.1, -0.05) is 0 Å². The average molecular weight is 640 g/mol. The SMILES string of the molecule is COc1ccc(I(OS(=O)(=O)C(F)(F)C(F)(F)C(F)(F)C(F)(F)F)c2ccc(OC)cc2)cc1. The molecule has 2 aromatic rings. The van der Waals surface area contributed by atoms with Crippen molar-refractivity contribution in [1.82, 2.24) is 0 Å². The first-order valence-corrected chi connectivity index (χ1v) is 13.0. The van der Waals surface area contributed by atoms with Crippen LogP contribution < -0.4 is 9.47 Å². The molecular formula is C18H14F9IO5S. The molecule has 16 heteroatoms. The molecule has 0 saturated carbocycles. The summed E-state index contributed by atoms with van der Waals surface area (Å²) in [6.45, 7) is 0. The van der Waals surface area contributed by atoms with Crippen LogP contribution in [-0.2, 0) is 12.6 Å². The zero-order valence-electron chi connectivity index (χ0n) is 16.8. The number of halogens is 10. The van der Waals surface area contributed by atoms with Crippen LogP contribution in [0.5, 0.6) is 11.5 Å². The fourth-order valence-corrected chi connectivity index (χ4v) is 9.13. The van der Waals surface area contributed by atoms with Gasteiger partial charge in [-0.2, -0.15) is 0 Å². The molecule has 0 spiro atoms. The van der Waals surface area contributed by atoms with E-state index >= 15 is 0 Å². The molecule has 192 valence electrons. The molecule has 0 saturated heterocycles. The summed E-state index contributed by atoms with van der Waals surface area (Å²) in [4.78, 5) is 0. The standard InChI is InChI=1S/C18H14F9IO5S/c1-31-13-7-3-11(4-8-13)28(12-5-9-14(32-2)10-6-12)33-34(29,30)18(26,27)16(21,22)15(19,20)17(23,24)25/h3-10H,1-2H3. The van der Waals surface area contributed by atoms with Gasteiger partial charge in [0.25, 0.3) is 0 Å². The molecule has 5 nitrogen and oxygen atoms in total. The van der Waals surface area contributed by atoms with Crippen molar-refractivity contribution in [3.05, 3.63) is 55.7 Å². The zero-order chi connectivity index (χ0) is 26.2. The summed E-state index contributed by atoms with van der Waals surface area (Å²) >= 11 is -4.17. The third kappa shape index (κ3) is 5.02. The van der Waals surface area contributed by atoms with E-state index in [9.17, 15) is 47.9 Å². The van der Waals surface area contributed by atoms with Crippen LogP contribution in [0.15, 0.2) is 48.5 Å². The molecule has 0 heterocycles. The van der Waals surface area contributed by atoms with E-state index in [-0.39, 0.29) is 18.6 Å². The predicted molar refractivity (Wildman–Crippen MR) is 108 cm³/mol. The van der Waals surface area contributed by atoms with E-state index in [0.29, 0.717) is 0 Å². The van der Waals surface area contributed by atoms with Gasteiger partial charge in [0.15, 0.2) is 0 Å². The molecule has 0 fully saturated rings. The molecule has 0 N–H and O–H groups in total. The van der Waals surface area contributed by atoms with Crippen LogP contribution in [0.2, 0.25) is 0 Å². The van der Waals surface area contributed by atoms with Gasteiger partial charge in [-0.3, -0.25) is 0 Å². The second-order valence-electron chi connectivity index (χ2n) is 6.25. The van der Waals surface area contributed by atoms with Crippen molar-refractivity contribution in [2.24, 2.45) is 0 Å². The minimum atomic E-state index is -7.39. The Balaban J connectivity index is 2.59. The molecule has 0 bridgehead atoms. The molecule has 0 aliphatic heterocycles. The first-order valence-electron chi connectivity index (χ1n) is 8.55. The quantitative estimate of drug-likeness (QED) is 0.251. The van der Waals surface area contributed by atoms with Crippen LogP contribution in [0, 0.1) is 7.14 Å². The van der Waals surface area contributed by atoms with Gasteiger partial charge in [-0.15, -0.1) is 0 Å². The van der Waals surface area contributed by atoms with Crippen LogP contribution >= 0.6 is 20.2 Å². The first kappa shape index (κ1) is 28.3. The van der Waals surface area contributed by atoms with Crippen molar-refractivity contribution in [3.8, 4) is 11.5 Å². The maximum absolute atomic E-state index is 14.2. The van der Waals surface area contributed by atoms with E-state index in [1.54, 1.807) is 0 Å². The van der Waals surface area contributed by atoms with Crippen molar-refractivity contribution >= 4 is 30.4 Å². The number of alkyl halides is 9. The summed E-state index contributed by atoms with van der Waals surface area (Å²) in [6.07, 6.45) is -7.18. The third-order valence-electron chi connectivity index (χ3n) is 4.07. The molecule has 0 amide bonds. The van der Waals surface area contributed by atoms with Crippen molar-refractivity contribution in [2.45, 2.75) is 23.3 Å². The number of benzene rings is 2. The van der Waals surface area contributed by atoms with Gasteiger partial charge in [0.2, 0.25) is 0 Å². The number of hydrogen-bond acceptors (Lipinski definition) is 5. The second-order valence-corrected chi connectivity index (χ2v) is 12.8. The Morgan fingerprint density at radius 3 is 1.29 bits per heavy atom. The fourth-order valence-electron chi connectivity index (χ4n) is 2.21. The topological polar surface area (TPSA) is 61.8 Å². The summed E-state index contributed by atoms with van der Waals surface area (Å²) in [7, 11) is -4.52. The molecule has 0 aromatic heterocycles. The fraction of sp³-hybridized carbons (Fsp3) is 0.333. The van der Waals surface area contributed by atoms with Crippen LogP contribution in [0.4, 0.5) is 39.5 Å². The molecule has 2 aromatic carbocycles. The van der Waals surface area contributed by atoms with Crippen molar-refractivity contribution < 1.29 is 59.9 Å². The molecule has 0 atom stereocenters. The van der Waals surface area contributed by atoms with Crippen molar-refractivity contribution in [1.29, 1.82) is 0 Å². The monoisotopic (exact) mass is 640 g/mol.